The predicted molar refractivity (Wildman–Crippen MR) is 136 cm³/mol. The van der Waals surface area contributed by atoms with Gasteiger partial charge in [0, 0.05) is 0 Å². The van der Waals surface area contributed by atoms with Crippen molar-refractivity contribution in [1.82, 2.24) is 0 Å². The van der Waals surface area contributed by atoms with Gasteiger partial charge in [-0.3, -0.25) is 0 Å². The largest absolute Gasteiger partial charge is 0.394 e. The Balaban J connectivity index is 1.84. The lowest BCUT2D eigenvalue weighted by molar-refractivity contribution is -0.384. The molecule has 3 fully saturated rings. The Kier molecular flexibility index (Phi) is 14.6. The summed E-state index contributed by atoms with van der Waals surface area (Å²) in [7, 11) is 0. The summed E-state index contributed by atoms with van der Waals surface area (Å²) in [5.41, 5.74) is 0. The Labute approximate surface area is 255 Å². The number of ether oxygens (including phenoxy) is 6. The van der Waals surface area contributed by atoms with Crippen molar-refractivity contribution in [1.29, 1.82) is 0 Å². The van der Waals surface area contributed by atoms with Crippen LogP contribution in [0.3, 0.4) is 0 Å². The molecule has 266 valence electrons. The van der Waals surface area contributed by atoms with Gasteiger partial charge in [0.25, 0.3) is 0 Å². The zero-order chi connectivity index (χ0) is 33.7. The Bertz CT molecular complexity index is 871. The molecule has 0 aromatic heterocycles. The summed E-state index contributed by atoms with van der Waals surface area (Å²) in [6.45, 7) is -4.71. The third-order valence-electron chi connectivity index (χ3n) is 7.85. The van der Waals surface area contributed by atoms with E-state index in [4.69, 9.17) is 33.5 Å². The van der Waals surface area contributed by atoms with Gasteiger partial charge in [-0.15, -0.1) is 0 Å². The van der Waals surface area contributed by atoms with Crippen LogP contribution in [-0.2, 0) is 28.4 Å². The van der Waals surface area contributed by atoms with Crippen LogP contribution in [0, 0.1) is 0 Å². The highest BCUT2D eigenvalue weighted by Gasteiger charge is 2.54. The molecule has 0 amide bonds. The van der Waals surface area contributed by atoms with Gasteiger partial charge in [0.2, 0.25) is 0 Å². The standard InChI is InChI=1S/C24H44O21/c25-1-6(30)11(32)19(7(31)2-26)43-23-17(38)21(14(35)9(4-28)41-23)45-24-18(39)20(13(34)10(5-29)42-24)44-22-16(37)15(36)12(33)8(3-27)40-22/h6-39H,1-5H2/t6-,7+,8-,9-,10-,11-,12-,13-,14-,15+,16-,17-,18-,19-,20+,21+,22-,23-,24-/m1/s1. The highest BCUT2D eigenvalue weighted by molar-refractivity contribution is 4.97. The van der Waals surface area contributed by atoms with Crippen LogP contribution in [0.25, 0.3) is 0 Å². The maximum atomic E-state index is 11.0. The predicted octanol–water partition coefficient (Wildman–Crippen LogP) is -10.1. The van der Waals surface area contributed by atoms with E-state index in [0.29, 0.717) is 0 Å². The minimum atomic E-state index is -2.10. The van der Waals surface area contributed by atoms with Gasteiger partial charge in [-0.25, -0.2) is 0 Å². The topological polar surface area (TPSA) is 359 Å². The second-order valence-corrected chi connectivity index (χ2v) is 10.9. The molecule has 0 aliphatic carbocycles. The normalized spacial score (nSPS) is 45.5. The molecule has 3 aliphatic heterocycles. The maximum absolute atomic E-state index is 11.0. The van der Waals surface area contributed by atoms with Crippen LogP contribution >= 0.6 is 0 Å². The molecule has 0 aromatic rings. The summed E-state index contributed by atoms with van der Waals surface area (Å²) in [5.74, 6) is 0. The fraction of sp³-hybridized carbons (Fsp3) is 1.00. The van der Waals surface area contributed by atoms with Crippen LogP contribution < -0.4 is 0 Å². The van der Waals surface area contributed by atoms with Gasteiger partial charge in [0.15, 0.2) is 18.9 Å². The van der Waals surface area contributed by atoms with Crippen LogP contribution in [0.1, 0.15) is 0 Å². The van der Waals surface area contributed by atoms with Crippen LogP contribution in [0.5, 0.6) is 0 Å². The van der Waals surface area contributed by atoms with Gasteiger partial charge in [-0.1, -0.05) is 0 Å². The quantitative estimate of drug-likeness (QED) is 0.0816. The second-order valence-electron chi connectivity index (χ2n) is 10.9. The minimum absolute atomic E-state index is 0.824. The third kappa shape index (κ3) is 8.43. The lowest BCUT2D eigenvalue weighted by Gasteiger charge is -2.48. The fourth-order valence-corrected chi connectivity index (χ4v) is 5.13. The van der Waals surface area contributed by atoms with Gasteiger partial charge in [-0.2, -0.15) is 0 Å². The molecule has 0 radical (unpaired) electrons. The molecule has 0 spiro atoms. The van der Waals surface area contributed by atoms with Crippen molar-refractivity contribution in [2.75, 3.05) is 33.0 Å². The van der Waals surface area contributed by atoms with E-state index in [2.05, 4.69) is 0 Å². The van der Waals surface area contributed by atoms with Crippen molar-refractivity contribution in [2.24, 2.45) is 0 Å². The number of hydrogen-bond donors (Lipinski definition) is 15. The van der Waals surface area contributed by atoms with E-state index >= 15 is 0 Å². The van der Waals surface area contributed by atoms with Gasteiger partial charge < -0.3 is 105 Å². The molecule has 45 heavy (non-hydrogen) atoms. The first kappa shape index (κ1) is 38.6. The zero-order valence-corrected chi connectivity index (χ0v) is 23.7. The molecule has 3 rings (SSSR count). The van der Waals surface area contributed by atoms with Crippen LogP contribution in [0.2, 0.25) is 0 Å². The molecule has 3 saturated heterocycles. The number of aliphatic hydroxyl groups is 15. The van der Waals surface area contributed by atoms with Gasteiger partial charge in [-0.05, 0) is 0 Å². The van der Waals surface area contributed by atoms with E-state index in [-0.39, 0.29) is 0 Å². The molecule has 15 N–H and O–H groups in total. The first-order chi connectivity index (χ1) is 21.2. The van der Waals surface area contributed by atoms with Gasteiger partial charge >= 0.3 is 0 Å². The van der Waals surface area contributed by atoms with Crippen molar-refractivity contribution >= 4 is 0 Å². The van der Waals surface area contributed by atoms with E-state index in [1.807, 2.05) is 0 Å². The first-order valence-corrected chi connectivity index (χ1v) is 14.0. The monoisotopic (exact) mass is 668 g/mol. The molecule has 19 atom stereocenters. The Morgan fingerprint density at radius 3 is 1.31 bits per heavy atom. The number of hydrogen-bond acceptors (Lipinski definition) is 21. The molecule has 0 saturated carbocycles. The number of rotatable bonds is 14. The first-order valence-electron chi connectivity index (χ1n) is 14.0. The molecule has 21 heteroatoms. The molecule has 3 heterocycles. The van der Waals surface area contributed by atoms with E-state index in [0.717, 1.165) is 0 Å². The molecular formula is C24H44O21. The molecule has 0 unspecified atom stereocenters. The summed E-state index contributed by atoms with van der Waals surface area (Å²) >= 11 is 0. The van der Waals surface area contributed by atoms with Crippen molar-refractivity contribution < 1.29 is 105 Å². The number of aliphatic hydroxyl groups excluding tert-OH is 15. The lowest BCUT2D eigenvalue weighted by atomic mass is 9.96. The highest BCUT2D eigenvalue weighted by atomic mass is 16.8. The van der Waals surface area contributed by atoms with Crippen molar-refractivity contribution in [3.8, 4) is 0 Å². The second kappa shape index (κ2) is 17.0. The van der Waals surface area contributed by atoms with E-state index in [1.54, 1.807) is 0 Å². The summed E-state index contributed by atoms with van der Waals surface area (Å²) < 4.78 is 32.4. The minimum Gasteiger partial charge on any atom is -0.394 e. The fourth-order valence-electron chi connectivity index (χ4n) is 5.13. The van der Waals surface area contributed by atoms with Crippen molar-refractivity contribution in [2.45, 2.75) is 117 Å². The summed E-state index contributed by atoms with van der Waals surface area (Å²) in [5, 5.41) is 152. The Morgan fingerprint density at radius 1 is 0.467 bits per heavy atom. The highest BCUT2D eigenvalue weighted by Crippen LogP contribution is 2.33. The summed E-state index contributed by atoms with van der Waals surface area (Å²) in [6.07, 6.45) is -35.5. The van der Waals surface area contributed by atoms with Crippen molar-refractivity contribution in [3.63, 3.8) is 0 Å². The van der Waals surface area contributed by atoms with E-state index in [9.17, 15) is 71.5 Å². The van der Waals surface area contributed by atoms with Crippen molar-refractivity contribution in [3.05, 3.63) is 0 Å². The molecule has 0 bridgehead atoms. The molecule has 0 aromatic carbocycles. The van der Waals surface area contributed by atoms with E-state index in [1.165, 1.54) is 0 Å². The van der Waals surface area contributed by atoms with Crippen LogP contribution in [-0.4, -0.2) is 226 Å². The van der Waals surface area contributed by atoms with Crippen LogP contribution in [0.15, 0.2) is 0 Å². The maximum Gasteiger partial charge on any atom is 0.187 e. The van der Waals surface area contributed by atoms with Gasteiger partial charge in [0.1, 0.15) is 97.7 Å². The molecule has 3 aliphatic rings. The molecule has 21 nitrogen and oxygen atoms in total. The lowest BCUT2D eigenvalue weighted by Crippen LogP contribution is -2.67. The summed E-state index contributed by atoms with van der Waals surface area (Å²) in [4.78, 5) is 0. The summed E-state index contributed by atoms with van der Waals surface area (Å²) in [6, 6.07) is 0. The smallest absolute Gasteiger partial charge is 0.187 e. The zero-order valence-electron chi connectivity index (χ0n) is 23.7. The molecular weight excluding hydrogens is 624 g/mol. The third-order valence-corrected chi connectivity index (χ3v) is 7.85. The Morgan fingerprint density at radius 2 is 0.867 bits per heavy atom. The van der Waals surface area contributed by atoms with E-state index < -0.39 is 150 Å². The average molecular weight is 669 g/mol. The SMILES string of the molecule is OC[C@@H](O)[C@@H](O)[C@H](O[C@H]1O[C@H](CO)[C@@H](O)[C@H](O[C@H]2O[C@H](CO)[C@@H](O)[C@H](O[C@H]3O[C@H](CO)[C@@H](O)[C@H](O)[C@H]3O)[C@H]2O)[C@H]1O)[C@@H](O)CO. The Hall–Kier alpha value is -0.840. The average Bonchev–Trinajstić information content (AvgIpc) is 3.04. The van der Waals surface area contributed by atoms with Gasteiger partial charge in [0.05, 0.1) is 33.0 Å². The van der Waals surface area contributed by atoms with Crippen LogP contribution in [0.4, 0.5) is 0 Å².